The van der Waals surface area contributed by atoms with Crippen molar-refractivity contribution in [3.05, 3.63) is 30.8 Å². The molecule has 0 saturated heterocycles. The summed E-state index contributed by atoms with van der Waals surface area (Å²) in [5, 5.41) is 0. The maximum absolute atomic E-state index is 5.32. The van der Waals surface area contributed by atoms with Gasteiger partial charge in [-0.3, -0.25) is 4.98 Å². The lowest BCUT2D eigenvalue weighted by molar-refractivity contribution is 0.581. The molecule has 2 aromatic rings. The van der Waals surface area contributed by atoms with Gasteiger partial charge >= 0.3 is 0 Å². The van der Waals surface area contributed by atoms with Gasteiger partial charge < -0.3 is 10.2 Å². The van der Waals surface area contributed by atoms with E-state index in [4.69, 9.17) is 10.2 Å². The van der Waals surface area contributed by atoms with Crippen LogP contribution in [0.25, 0.3) is 11.3 Å². The third kappa shape index (κ3) is 1.14. The molecule has 0 atom stereocenters. The van der Waals surface area contributed by atoms with Crippen LogP contribution >= 0.6 is 0 Å². The van der Waals surface area contributed by atoms with Crippen LogP contribution in [0.4, 0.5) is 6.01 Å². The zero-order chi connectivity index (χ0) is 8.39. The Morgan fingerprint density at radius 1 is 1.42 bits per heavy atom. The summed E-state index contributed by atoms with van der Waals surface area (Å²) in [5.41, 5.74) is 6.93. The fourth-order valence-electron chi connectivity index (χ4n) is 0.934. The van der Waals surface area contributed by atoms with Gasteiger partial charge in [-0.2, -0.15) is 4.98 Å². The van der Waals surface area contributed by atoms with Crippen molar-refractivity contribution in [3.8, 4) is 11.3 Å². The number of rotatable bonds is 1. The van der Waals surface area contributed by atoms with E-state index >= 15 is 0 Å². The second-order valence-corrected chi connectivity index (χ2v) is 2.31. The number of hydrogen-bond acceptors (Lipinski definition) is 4. The number of nitrogens with two attached hydrogens (primary N) is 1. The molecule has 2 N–H and O–H groups in total. The molecule has 0 aromatic carbocycles. The number of aromatic nitrogens is 2. The second kappa shape index (κ2) is 2.65. The molecule has 0 aliphatic carbocycles. The Bertz CT molecular complexity index is 369. The Labute approximate surface area is 69.1 Å². The molecule has 0 aliphatic rings. The topological polar surface area (TPSA) is 64.9 Å². The van der Waals surface area contributed by atoms with Crippen molar-refractivity contribution in [2.24, 2.45) is 0 Å². The average Bonchev–Trinajstić information content (AvgIpc) is 2.54. The van der Waals surface area contributed by atoms with Crippen molar-refractivity contribution in [2.45, 2.75) is 0 Å². The van der Waals surface area contributed by atoms with E-state index < -0.39 is 0 Å². The van der Waals surface area contributed by atoms with Gasteiger partial charge in [0.25, 0.3) is 6.01 Å². The van der Waals surface area contributed by atoms with E-state index in [0.717, 1.165) is 5.56 Å². The Balaban J connectivity index is 2.45. The summed E-state index contributed by atoms with van der Waals surface area (Å²) in [6.45, 7) is 0. The molecule has 0 bridgehead atoms. The average molecular weight is 161 g/mol. The fraction of sp³-hybridized carbons (Fsp3) is 0. The van der Waals surface area contributed by atoms with E-state index in [1.165, 1.54) is 6.26 Å². The molecular formula is C8H7N3O. The van der Waals surface area contributed by atoms with Crippen LogP contribution in [0.2, 0.25) is 0 Å². The first-order valence-corrected chi connectivity index (χ1v) is 3.47. The largest absolute Gasteiger partial charge is 0.432 e. The quantitative estimate of drug-likeness (QED) is 0.685. The number of pyridine rings is 1. The van der Waals surface area contributed by atoms with E-state index in [1.807, 2.05) is 12.1 Å². The zero-order valence-electron chi connectivity index (χ0n) is 6.27. The van der Waals surface area contributed by atoms with Crippen LogP contribution in [0.3, 0.4) is 0 Å². The van der Waals surface area contributed by atoms with E-state index in [9.17, 15) is 0 Å². The first-order chi connectivity index (χ1) is 5.86. The highest BCUT2D eigenvalue weighted by atomic mass is 16.4. The highest BCUT2D eigenvalue weighted by Gasteiger charge is 2.01. The molecule has 0 aliphatic heterocycles. The zero-order valence-corrected chi connectivity index (χ0v) is 6.27. The van der Waals surface area contributed by atoms with Crippen LogP contribution in [0.1, 0.15) is 0 Å². The smallest absolute Gasteiger partial charge is 0.292 e. The molecule has 0 radical (unpaired) electrons. The van der Waals surface area contributed by atoms with Gasteiger partial charge in [-0.1, -0.05) is 0 Å². The van der Waals surface area contributed by atoms with Gasteiger partial charge in [0.1, 0.15) is 12.0 Å². The van der Waals surface area contributed by atoms with Crippen molar-refractivity contribution in [1.29, 1.82) is 0 Å². The number of nitrogens with zero attached hydrogens (tertiary/aromatic N) is 2. The summed E-state index contributed by atoms with van der Waals surface area (Å²) in [6, 6.07) is 3.90. The lowest BCUT2D eigenvalue weighted by atomic mass is 10.2. The minimum absolute atomic E-state index is 0.175. The molecule has 60 valence electrons. The van der Waals surface area contributed by atoms with Crippen LogP contribution < -0.4 is 5.73 Å². The summed E-state index contributed by atoms with van der Waals surface area (Å²) in [6.07, 6.45) is 4.91. The van der Waals surface area contributed by atoms with Crippen LogP contribution in [0.5, 0.6) is 0 Å². The molecule has 2 rings (SSSR count). The number of hydrogen-bond donors (Lipinski definition) is 1. The predicted molar refractivity (Wildman–Crippen MR) is 44.1 cm³/mol. The number of nitrogen functional groups attached to an aromatic ring is 1. The van der Waals surface area contributed by atoms with E-state index in [-0.39, 0.29) is 6.01 Å². The summed E-state index contributed by atoms with van der Waals surface area (Å²) in [5.74, 6) is 0. The van der Waals surface area contributed by atoms with Gasteiger partial charge in [0.2, 0.25) is 0 Å². The van der Waals surface area contributed by atoms with Crippen LogP contribution in [-0.4, -0.2) is 9.97 Å². The van der Waals surface area contributed by atoms with Crippen LogP contribution in [0.15, 0.2) is 35.2 Å². The Hall–Kier alpha value is -1.84. The second-order valence-electron chi connectivity index (χ2n) is 2.31. The number of anilines is 1. The van der Waals surface area contributed by atoms with Crippen molar-refractivity contribution < 1.29 is 4.42 Å². The van der Waals surface area contributed by atoms with E-state index in [1.54, 1.807) is 12.4 Å². The summed E-state index contributed by atoms with van der Waals surface area (Å²) in [7, 11) is 0. The lowest BCUT2D eigenvalue weighted by Gasteiger charge is -1.90. The van der Waals surface area contributed by atoms with Crippen molar-refractivity contribution >= 4 is 6.01 Å². The first kappa shape index (κ1) is 6.84. The Morgan fingerprint density at radius 2 is 2.33 bits per heavy atom. The molecule has 2 aromatic heterocycles. The molecule has 4 heteroatoms. The van der Waals surface area contributed by atoms with Gasteiger partial charge in [-0.05, 0) is 12.1 Å². The standard InChI is InChI=1S/C8H7N3O/c9-8-11-7(5-12-8)6-2-1-3-10-4-6/h1-5H,(H2,9,11). The predicted octanol–water partition coefficient (Wildman–Crippen LogP) is 1.32. The maximum atomic E-state index is 5.32. The molecule has 0 amide bonds. The molecular weight excluding hydrogens is 154 g/mol. The van der Waals surface area contributed by atoms with Crippen molar-refractivity contribution in [1.82, 2.24) is 9.97 Å². The normalized spacial score (nSPS) is 10.0. The van der Waals surface area contributed by atoms with Gasteiger partial charge in [0, 0.05) is 18.0 Å². The molecule has 0 fully saturated rings. The summed E-state index contributed by atoms with van der Waals surface area (Å²) in [4.78, 5) is 7.90. The summed E-state index contributed by atoms with van der Waals surface area (Å²) < 4.78 is 4.86. The van der Waals surface area contributed by atoms with Gasteiger partial charge in [0.05, 0.1) is 0 Å². The van der Waals surface area contributed by atoms with Crippen LogP contribution in [0, 0.1) is 0 Å². The van der Waals surface area contributed by atoms with Crippen molar-refractivity contribution in [2.75, 3.05) is 5.73 Å². The minimum atomic E-state index is 0.175. The van der Waals surface area contributed by atoms with Gasteiger partial charge in [-0.25, -0.2) is 0 Å². The lowest BCUT2D eigenvalue weighted by Crippen LogP contribution is -1.83. The van der Waals surface area contributed by atoms with Gasteiger partial charge in [0.15, 0.2) is 0 Å². The Kier molecular flexibility index (Phi) is 1.51. The molecule has 0 saturated carbocycles. The third-order valence-electron chi connectivity index (χ3n) is 1.48. The maximum Gasteiger partial charge on any atom is 0.292 e. The van der Waals surface area contributed by atoms with E-state index in [2.05, 4.69) is 9.97 Å². The molecule has 2 heterocycles. The number of oxazole rings is 1. The third-order valence-corrected chi connectivity index (χ3v) is 1.48. The Morgan fingerprint density at radius 3 is 2.92 bits per heavy atom. The van der Waals surface area contributed by atoms with E-state index in [0.29, 0.717) is 5.69 Å². The highest BCUT2D eigenvalue weighted by molar-refractivity contribution is 5.57. The van der Waals surface area contributed by atoms with Gasteiger partial charge in [-0.15, -0.1) is 0 Å². The first-order valence-electron chi connectivity index (χ1n) is 3.47. The monoisotopic (exact) mass is 161 g/mol. The molecule has 0 unspecified atom stereocenters. The molecule has 12 heavy (non-hydrogen) atoms. The summed E-state index contributed by atoms with van der Waals surface area (Å²) >= 11 is 0. The molecule has 4 nitrogen and oxygen atoms in total. The minimum Gasteiger partial charge on any atom is -0.432 e. The SMILES string of the molecule is Nc1nc(-c2cccnc2)co1. The van der Waals surface area contributed by atoms with Crippen LogP contribution in [-0.2, 0) is 0 Å². The fourth-order valence-corrected chi connectivity index (χ4v) is 0.934. The highest BCUT2D eigenvalue weighted by Crippen LogP contribution is 2.17. The molecule has 0 spiro atoms. The van der Waals surface area contributed by atoms with Crippen molar-refractivity contribution in [3.63, 3.8) is 0 Å².